The Balaban J connectivity index is 1.91. The van der Waals surface area contributed by atoms with Crippen molar-refractivity contribution in [3.05, 3.63) is 82.4 Å². The topological polar surface area (TPSA) is 64.2 Å². The minimum atomic E-state index is -0.466. The molecule has 0 saturated heterocycles. The maximum Gasteiger partial charge on any atom is 0.355 e. The van der Waals surface area contributed by atoms with Crippen LogP contribution < -0.4 is 10.6 Å². The summed E-state index contributed by atoms with van der Waals surface area (Å²) in [6, 6.07) is 19.1. The van der Waals surface area contributed by atoms with Crippen LogP contribution in [0.15, 0.2) is 76.1 Å². The van der Waals surface area contributed by atoms with E-state index in [2.05, 4.69) is 9.97 Å². The number of oxazole rings is 1. The second kappa shape index (κ2) is 8.55. The van der Waals surface area contributed by atoms with Crippen LogP contribution in [0.1, 0.15) is 13.8 Å². The minimum absolute atomic E-state index is 0.352. The van der Waals surface area contributed by atoms with Gasteiger partial charge in [0, 0.05) is 30.4 Å². The molecule has 4 aromatic rings. The van der Waals surface area contributed by atoms with Gasteiger partial charge in [0.25, 0.3) is 0 Å². The summed E-state index contributed by atoms with van der Waals surface area (Å²) in [7, 11) is 0. The van der Waals surface area contributed by atoms with Crippen molar-refractivity contribution in [2.45, 2.75) is 13.8 Å². The molecular formula is C23H21ClN4O2. The summed E-state index contributed by atoms with van der Waals surface area (Å²) in [4.78, 5) is 23.7. The number of hydrogen-bond acceptors (Lipinski definition) is 5. The van der Waals surface area contributed by atoms with Crippen molar-refractivity contribution < 1.29 is 4.42 Å². The molecule has 7 heteroatoms. The number of benzene rings is 2. The summed E-state index contributed by atoms with van der Waals surface area (Å²) < 4.78 is 7.44. The van der Waals surface area contributed by atoms with Crippen LogP contribution in [0, 0.1) is 0 Å². The first-order valence-corrected chi connectivity index (χ1v) is 10.2. The summed E-state index contributed by atoms with van der Waals surface area (Å²) in [5.74, 6) is 1.71. The molecule has 152 valence electrons. The quantitative estimate of drug-likeness (QED) is 0.436. The van der Waals surface area contributed by atoms with Gasteiger partial charge in [0.2, 0.25) is 5.89 Å². The molecule has 30 heavy (non-hydrogen) atoms. The molecule has 0 atom stereocenters. The van der Waals surface area contributed by atoms with Gasteiger partial charge in [-0.15, -0.1) is 0 Å². The number of anilines is 1. The van der Waals surface area contributed by atoms with E-state index in [0.29, 0.717) is 41.4 Å². The highest BCUT2D eigenvalue weighted by Crippen LogP contribution is 2.32. The molecule has 0 unspecified atom stereocenters. The van der Waals surface area contributed by atoms with E-state index in [-0.39, 0.29) is 0 Å². The van der Waals surface area contributed by atoms with Gasteiger partial charge in [-0.25, -0.2) is 9.36 Å². The van der Waals surface area contributed by atoms with Gasteiger partial charge in [0.15, 0.2) is 17.4 Å². The predicted octanol–water partition coefficient (Wildman–Crippen LogP) is 5.05. The molecule has 0 aliphatic carbocycles. The molecule has 6 nitrogen and oxygen atoms in total. The zero-order valence-electron chi connectivity index (χ0n) is 16.7. The number of aromatic nitrogens is 3. The average Bonchev–Trinajstić information content (AvgIpc) is 3.23. The highest BCUT2D eigenvalue weighted by Gasteiger charge is 2.21. The first kappa shape index (κ1) is 19.9. The number of nitrogens with zero attached hydrogens (tertiary/aromatic N) is 4. The Bertz CT molecular complexity index is 1200. The van der Waals surface area contributed by atoms with Crippen LogP contribution in [-0.2, 0) is 0 Å². The van der Waals surface area contributed by atoms with Gasteiger partial charge in [-0.2, -0.15) is 9.97 Å². The number of hydrogen-bond donors (Lipinski definition) is 0. The third-order valence-corrected chi connectivity index (χ3v) is 5.09. The Morgan fingerprint density at radius 1 is 0.933 bits per heavy atom. The van der Waals surface area contributed by atoms with Crippen LogP contribution >= 0.6 is 11.6 Å². The SMILES string of the molecule is CCN(CC)c1nc(=O)n(-c2nc(-c3ccccc3)oc2-c2ccccc2)cc1Cl. The molecule has 2 aromatic heterocycles. The normalized spacial score (nSPS) is 10.9. The minimum Gasteiger partial charge on any atom is -0.434 e. The summed E-state index contributed by atoms with van der Waals surface area (Å²) in [6.45, 7) is 5.38. The highest BCUT2D eigenvalue weighted by atomic mass is 35.5. The van der Waals surface area contributed by atoms with Crippen molar-refractivity contribution in [2.24, 2.45) is 0 Å². The monoisotopic (exact) mass is 420 g/mol. The Hall–Kier alpha value is -3.38. The molecule has 4 rings (SSSR count). The van der Waals surface area contributed by atoms with E-state index in [9.17, 15) is 4.79 Å². The molecule has 0 spiro atoms. The van der Waals surface area contributed by atoms with Gasteiger partial charge in [0.05, 0.1) is 0 Å². The second-order valence-corrected chi connectivity index (χ2v) is 7.05. The predicted molar refractivity (Wildman–Crippen MR) is 119 cm³/mol. The molecule has 0 aliphatic heterocycles. The lowest BCUT2D eigenvalue weighted by molar-refractivity contribution is 0.588. The number of halogens is 1. The van der Waals surface area contributed by atoms with Crippen LogP contribution in [0.4, 0.5) is 5.82 Å². The molecule has 0 radical (unpaired) electrons. The van der Waals surface area contributed by atoms with Crippen molar-refractivity contribution in [1.29, 1.82) is 0 Å². The van der Waals surface area contributed by atoms with E-state index in [4.69, 9.17) is 16.0 Å². The van der Waals surface area contributed by atoms with E-state index in [1.807, 2.05) is 79.4 Å². The Morgan fingerprint density at radius 3 is 2.13 bits per heavy atom. The van der Waals surface area contributed by atoms with Gasteiger partial charge < -0.3 is 9.32 Å². The lowest BCUT2D eigenvalue weighted by Crippen LogP contribution is -2.29. The molecular weight excluding hydrogens is 400 g/mol. The van der Waals surface area contributed by atoms with Crippen molar-refractivity contribution in [2.75, 3.05) is 18.0 Å². The standard InChI is InChI=1S/C23H21ClN4O2/c1-3-27(4-2)20-18(24)15-28(23(29)26-20)21-19(16-11-7-5-8-12-16)30-22(25-21)17-13-9-6-10-14-17/h5-15H,3-4H2,1-2H3. The fourth-order valence-corrected chi connectivity index (χ4v) is 3.54. The third kappa shape index (κ3) is 3.74. The first-order valence-electron chi connectivity index (χ1n) is 9.78. The van der Waals surface area contributed by atoms with Crippen LogP contribution in [0.5, 0.6) is 0 Å². The molecule has 0 saturated carbocycles. The fraction of sp³-hybridized carbons (Fsp3) is 0.174. The molecule has 0 amide bonds. The maximum absolute atomic E-state index is 12.9. The van der Waals surface area contributed by atoms with Gasteiger partial charge in [-0.3, -0.25) is 0 Å². The fourth-order valence-electron chi connectivity index (χ4n) is 3.28. The number of rotatable bonds is 6. The van der Waals surface area contributed by atoms with Gasteiger partial charge in [0.1, 0.15) is 5.02 Å². The molecule has 0 aliphatic rings. The highest BCUT2D eigenvalue weighted by molar-refractivity contribution is 6.32. The van der Waals surface area contributed by atoms with E-state index in [1.165, 1.54) is 4.57 Å². The van der Waals surface area contributed by atoms with Crippen LogP contribution in [0.25, 0.3) is 28.6 Å². The first-order chi connectivity index (χ1) is 14.6. The van der Waals surface area contributed by atoms with Crippen LogP contribution in [0.2, 0.25) is 5.02 Å². The van der Waals surface area contributed by atoms with Gasteiger partial charge >= 0.3 is 5.69 Å². The lowest BCUT2D eigenvalue weighted by atomic mass is 10.2. The van der Waals surface area contributed by atoms with Crippen LogP contribution in [-0.4, -0.2) is 27.6 Å². The zero-order valence-corrected chi connectivity index (χ0v) is 17.5. The van der Waals surface area contributed by atoms with E-state index in [1.54, 1.807) is 6.20 Å². The molecule has 2 heterocycles. The zero-order chi connectivity index (χ0) is 21.1. The molecule has 0 N–H and O–H groups in total. The maximum atomic E-state index is 12.9. The van der Waals surface area contributed by atoms with Gasteiger partial charge in [-0.1, -0.05) is 60.1 Å². The van der Waals surface area contributed by atoms with E-state index >= 15 is 0 Å². The summed E-state index contributed by atoms with van der Waals surface area (Å²) in [6.07, 6.45) is 1.56. The second-order valence-electron chi connectivity index (χ2n) is 6.64. The summed E-state index contributed by atoms with van der Waals surface area (Å²) >= 11 is 6.50. The average molecular weight is 421 g/mol. The van der Waals surface area contributed by atoms with Gasteiger partial charge in [-0.05, 0) is 26.0 Å². The van der Waals surface area contributed by atoms with Crippen molar-refractivity contribution in [1.82, 2.24) is 14.5 Å². The van der Waals surface area contributed by atoms with E-state index in [0.717, 1.165) is 11.1 Å². The van der Waals surface area contributed by atoms with Crippen molar-refractivity contribution in [3.8, 4) is 28.6 Å². The molecule has 0 fully saturated rings. The lowest BCUT2D eigenvalue weighted by Gasteiger charge is -2.20. The smallest absolute Gasteiger partial charge is 0.355 e. The Labute approximate surface area is 179 Å². The Kier molecular flexibility index (Phi) is 5.68. The van der Waals surface area contributed by atoms with E-state index < -0.39 is 5.69 Å². The molecule has 0 bridgehead atoms. The third-order valence-electron chi connectivity index (χ3n) is 4.82. The largest absolute Gasteiger partial charge is 0.434 e. The van der Waals surface area contributed by atoms with Crippen molar-refractivity contribution >= 4 is 17.4 Å². The Morgan fingerprint density at radius 2 is 1.53 bits per heavy atom. The summed E-state index contributed by atoms with van der Waals surface area (Å²) in [5.41, 5.74) is 1.15. The molecule has 2 aromatic carbocycles. The summed E-state index contributed by atoms with van der Waals surface area (Å²) in [5, 5.41) is 0.376. The van der Waals surface area contributed by atoms with Crippen molar-refractivity contribution in [3.63, 3.8) is 0 Å². The van der Waals surface area contributed by atoms with Crippen LogP contribution in [0.3, 0.4) is 0 Å².